The number of hydrogen-bond acceptors (Lipinski definition) is 3. The van der Waals surface area contributed by atoms with Crippen molar-refractivity contribution in [1.82, 2.24) is 9.38 Å². The third-order valence-electron chi connectivity index (χ3n) is 4.83. The molecule has 8 heteroatoms. The van der Waals surface area contributed by atoms with Gasteiger partial charge >= 0.3 is 6.18 Å². The van der Waals surface area contributed by atoms with Gasteiger partial charge in [0.25, 0.3) is 5.91 Å². The monoisotopic (exact) mass is 425 g/mol. The lowest BCUT2D eigenvalue weighted by atomic mass is 10.1. The number of anilines is 1. The van der Waals surface area contributed by atoms with Gasteiger partial charge in [0.05, 0.1) is 12.7 Å². The Morgan fingerprint density at radius 3 is 2.48 bits per heavy atom. The first-order chi connectivity index (χ1) is 14.8. The van der Waals surface area contributed by atoms with Gasteiger partial charge in [-0.05, 0) is 67.1 Å². The maximum absolute atomic E-state index is 13.0. The molecular weight excluding hydrogens is 407 g/mol. The van der Waals surface area contributed by atoms with Crippen molar-refractivity contribution in [2.75, 3.05) is 12.4 Å². The van der Waals surface area contributed by atoms with Crippen LogP contribution in [0.1, 0.15) is 21.5 Å². The second-order valence-corrected chi connectivity index (χ2v) is 7.00. The number of halogens is 3. The number of ether oxygens (including phenoxy) is 1. The van der Waals surface area contributed by atoms with Gasteiger partial charge < -0.3 is 10.1 Å². The molecule has 2 aromatic carbocycles. The number of nitrogens with one attached hydrogen (secondary N) is 1. The van der Waals surface area contributed by atoms with Crippen molar-refractivity contribution >= 4 is 17.4 Å². The van der Waals surface area contributed by atoms with Crippen LogP contribution in [-0.4, -0.2) is 22.4 Å². The molecule has 0 aliphatic carbocycles. The lowest BCUT2D eigenvalue weighted by Crippen LogP contribution is -2.15. The van der Waals surface area contributed by atoms with E-state index in [1.54, 1.807) is 42.0 Å². The summed E-state index contributed by atoms with van der Waals surface area (Å²) in [6, 6.07) is 15.1. The van der Waals surface area contributed by atoms with E-state index in [0.29, 0.717) is 22.9 Å². The number of methoxy groups -OCH3 is 1. The van der Waals surface area contributed by atoms with Crippen molar-refractivity contribution < 1.29 is 22.7 Å². The number of carbonyl (C=O) groups excluding carboxylic acids is 1. The largest absolute Gasteiger partial charge is 0.497 e. The summed E-state index contributed by atoms with van der Waals surface area (Å²) in [6.07, 6.45) is -2.78. The first-order valence-electron chi connectivity index (χ1n) is 9.38. The molecule has 2 aromatic heterocycles. The minimum atomic E-state index is -4.54. The predicted molar refractivity (Wildman–Crippen MR) is 111 cm³/mol. The third-order valence-corrected chi connectivity index (χ3v) is 4.83. The summed E-state index contributed by atoms with van der Waals surface area (Å²) in [6.45, 7) is 1.92. The fourth-order valence-electron chi connectivity index (χ4n) is 3.23. The highest BCUT2D eigenvalue weighted by Gasteiger charge is 2.31. The maximum atomic E-state index is 13.0. The molecule has 0 radical (unpaired) electrons. The second-order valence-electron chi connectivity index (χ2n) is 7.00. The van der Waals surface area contributed by atoms with Gasteiger partial charge in [-0.25, -0.2) is 4.98 Å². The number of aromatic nitrogens is 2. The van der Waals surface area contributed by atoms with Crippen molar-refractivity contribution in [3.63, 3.8) is 0 Å². The van der Waals surface area contributed by atoms with Gasteiger partial charge in [-0.15, -0.1) is 0 Å². The molecular formula is C23H18F3N3O2. The number of carbonyl (C=O) groups is 1. The van der Waals surface area contributed by atoms with E-state index in [1.165, 1.54) is 12.1 Å². The van der Waals surface area contributed by atoms with Crippen LogP contribution in [0.25, 0.3) is 16.9 Å². The van der Waals surface area contributed by atoms with E-state index in [-0.39, 0.29) is 5.56 Å². The Hall–Kier alpha value is -3.81. The molecule has 0 bridgehead atoms. The minimum absolute atomic E-state index is 0.0995. The summed E-state index contributed by atoms with van der Waals surface area (Å²) >= 11 is 0. The van der Waals surface area contributed by atoms with E-state index in [2.05, 4.69) is 10.3 Å². The van der Waals surface area contributed by atoms with Crippen LogP contribution >= 0.6 is 0 Å². The van der Waals surface area contributed by atoms with Gasteiger partial charge in [0.15, 0.2) is 0 Å². The number of imidazole rings is 1. The molecule has 4 rings (SSSR count). The molecule has 0 unspecified atom stereocenters. The molecule has 0 aliphatic heterocycles. The maximum Gasteiger partial charge on any atom is 0.416 e. The lowest BCUT2D eigenvalue weighted by Gasteiger charge is -2.11. The summed E-state index contributed by atoms with van der Waals surface area (Å²) in [5, 5.41) is 2.74. The number of aryl methyl sites for hydroxylation is 1. The van der Waals surface area contributed by atoms with Crippen molar-refractivity contribution in [3.8, 4) is 17.0 Å². The number of amides is 1. The fourth-order valence-corrected chi connectivity index (χ4v) is 3.23. The molecule has 5 nitrogen and oxygen atoms in total. The van der Waals surface area contributed by atoms with E-state index in [9.17, 15) is 18.0 Å². The molecule has 0 saturated carbocycles. The number of nitrogens with zero attached hydrogens (tertiary/aromatic N) is 2. The van der Waals surface area contributed by atoms with E-state index in [4.69, 9.17) is 4.74 Å². The number of alkyl halides is 3. The summed E-state index contributed by atoms with van der Waals surface area (Å²) in [7, 11) is 1.56. The molecule has 0 fully saturated rings. The summed E-state index contributed by atoms with van der Waals surface area (Å²) < 4.78 is 46.0. The average Bonchev–Trinajstić information content (AvgIpc) is 3.10. The van der Waals surface area contributed by atoms with Gasteiger partial charge in [-0.2, -0.15) is 13.2 Å². The topological polar surface area (TPSA) is 55.6 Å². The summed E-state index contributed by atoms with van der Waals surface area (Å²) in [5.41, 5.74) is 1.82. The Balaban J connectivity index is 1.78. The normalized spacial score (nSPS) is 11.5. The van der Waals surface area contributed by atoms with E-state index >= 15 is 0 Å². The smallest absolute Gasteiger partial charge is 0.416 e. The first-order valence-corrected chi connectivity index (χ1v) is 9.38. The van der Waals surface area contributed by atoms with Crippen LogP contribution in [0.15, 0.2) is 66.9 Å². The second kappa shape index (κ2) is 7.79. The van der Waals surface area contributed by atoms with E-state index in [0.717, 1.165) is 23.3 Å². The van der Waals surface area contributed by atoms with Crippen LogP contribution in [0.3, 0.4) is 0 Å². The highest BCUT2D eigenvalue weighted by molar-refractivity contribution is 6.06. The van der Waals surface area contributed by atoms with E-state index in [1.807, 2.05) is 19.1 Å². The van der Waals surface area contributed by atoms with E-state index < -0.39 is 17.6 Å². The summed E-state index contributed by atoms with van der Waals surface area (Å²) in [5.74, 6) is 0.365. The number of rotatable bonds is 4. The van der Waals surface area contributed by atoms with Crippen molar-refractivity contribution in [2.45, 2.75) is 13.1 Å². The molecule has 1 amide bonds. The van der Waals surface area contributed by atoms with Gasteiger partial charge in [0.2, 0.25) is 0 Å². The van der Waals surface area contributed by atoms with Crippen LogP contribution in [-0.2, 0) is 6.18 Å². The average molecular weight is 425 g/mol. The van der Waals surface area contributed by atoms with Crippen molar-refractivity contribution in [2.24, 2.45) is 0 Å². The molecule has 1 N–H and O–H groups in total. The Morgan fingerprint density at radius 1 is 1.06 bits per heavy atom. The molecule has 31 heavy (non-hydrogen) atoms. The zero-order valence-electron chi connectivity index (χ0n) is 16.7. The number of pyridine rings is 1. The van der Waals surface area contributed by atoms with Crippen molar-refractivity contribution in [1.29, 1.82) is 0 Å². The molecule has 0 aliphatic rings. The fraction of sp³-hybridized carbons (Fsp3) is 0.130. The Bertz CT molecular complexity index is 1260. The van der Waals surface area contributed by atoms with Gasteiger partial charge in [-0.3, -0.25) is 9.20 Å². The quantitative estimate of drug-likeness (QED) is 0.464. The molecule has 0 spiro atoms. The van der Waals surface area contributed by atoms with Gasteiger partial charge in [0, 0.05) is 17.3 Å². The van der Waals surface area contributed by atoms with Crippen molar-refractivity contribution in [3.05, 3.63) is 83.6 Å². The molecule has 2 heterocycles. The minimum Gasteiger partial charge on any atom is -0.497 e. The highest BCUT2D eigenvalue weighted by Crippen LogP contribution is 2.32. The Morgan fingerprint density at radius 2 is 1.81 bits per heavy atom. The predicted octanol–water partition coefficient (Wildman–Crippen LogP) is 5.59. The van der Waals surface area contributed by atoms with Crippen LogP contribution in [0.5, 0.6) is 5.75 Å². The molecule has 4 aromatic rings. The van der Waals surface area contributed by atoms with Crippen LogP contribution < -0.4 is 10.1 Å². The lowest BCUT2D eigenvalue weighted by molar-refractivity contribution is -0.137. The van der Waals surface area contributed by atoms with Gasteiger partial charge in [0.1, 0.15) is 22.9 Å². The van der Waals surface area contributed by atoms with Crippen LogP contribution in [0.4, 0.5) is 19.0 Å². The number of fused-ring (bicyclic) bond motifs is 1. The van der Waals surface area contributed by atoms with Crippen LogP contribution in [0.2, 0.25) is 0 Å². The highest BCUT2D eigenvalue weighted by atomic mass is 19.4. The molecule has 158 valence electrons. The molecule has 0 saturated heterocycles. The SMILES string of the molecule is COc1ccc(-c2nc3cc(C)ccn3c2NC(=O)c2cccc(C(F)(F)F)c2)cc1. The van der Waals surface area contributed by atoms with Crippen LogP contribution in [0, 0.1) is 6.92 Å². The molecule has 0 atom stereocenters. The third kappa shape index (κ3) is 4.09. The number of hydrogen-bond donors (Lipinski definition) is 1. The number of benzene rings is 2. The first kappa shape index (κ1) is 20.5. The zero-order valence-corrected chi connectivity index (χ0v) is 16.7. The Kier molecular flexibility index (Phi) is 5.14. The van der Waals surface area contributed by atoms with Gasteiger partial charge in [-0.1, -0.05) is 6.07 Å². The Labute approximate surface area is 176 Å². The summed E-state index contributed by atoms with van der Waals surface area (Å²) in [4.78, 5) is 17.5. The standard InChI is InChI=1S/C23H18F3N3O2/c1-14-10-11-29-19(12-14)27-20(15-6-8-18(31-2)9-7-15)21(29)28-22(30)16-4-3-5-17(13-16)23(24,25)26/h3-13H,1-2H3,(H,28,30). The zero-order chi connectivity index (χ0) is 22.2.